The summed E-state index contributed by atoms with van der Waals surface area (Å²) in [5.74, 6) is -0.0825. The molecular formula is C15H13ClFN6OS+. The molecule has 3 aromatic rings. The van der Waals surface area contributed by atoms with Gasteiger partial charge in [0.1, 0.15) is 21.9 Å². The average molecular weight is 380 g/mol. The molecule has 0 aliphatic carbocycles. The molecule has 3 heterocycles. The minimum Gasteiger partial charge on any atom is -0.341 e. The van der Waals surface area contributed by atoms with E-state index in [0.717, 1.165) is 0 Å². The summed E-state index contributed by atoms with van der Waals surface area (Å²) < 4.78 is 14.6. The summed E-state index contributed by atoms with van der Waals surface area (Å²) in [5, 5.41) is 3.63. The maximum Gasteiger partial charge on any atom is 0.283 e. The molecule has 1 aliphatic rings. The number of aromatic nitrogens is 4. The highest BCUT2D eigenvalue weighted by molar-refractivity contribution is 7.99. The van der Waals surface area contributed by atoms with Gasteiger partial charge in [-0.2, -0.15) is 0 Å². The minimum atomic E-state index is -1.08. The van der Waals surface area contributed by atoms with Gasteiger partial charge in [0.2, 0.25) is 12.7 Å². The van der Waals surface area contributed by atoms with Crippen LogP contribution in [0.4, 0.5) is 10.2 Å². The zero-order valence-corrected chi connectivity index (χ0v) is 14.4. The Kier molecular flexibility index (Phi) is 4.06. The smallest absolute Gasteiger partial charge is 0.283 e. The van der Waals surface area contributed by atoms with E-state index in [1.165, 1.54) is 24.4 Å². The third-order valence-corrected chi connectivity index (χ3v) is 5.40. The number of quaternary nitrogens is 1. The summed E-state index contributed by atoms with van der Waals surface area (Å²) in [6.45, 7) is -0.307. The molecule has 2 atom stereocenters. The van der Waals surface area contributed by atoms with Crippen molar-refractivity contribution in [2.24, 2.45) is 0 Å². The van der Waals surface area contributed by atoms with Crippen molar-refractivity contribution in [1.29, 1.82) is 0 Å². The molecule has 4 rings (SSSR count). The monoisotopic (exact) mass is 379 g/mol. The number of hydrogen-bond donors (Lipinski definition) is 2. The first-order chi connectivity index (χ1) is 12.1. The van der Waals surface area contributed by atoms with Crippen LogP contribution in [-0.2, 0) is 4.79 Å². The lowest BCUT2D eigenvalue weighted by Gasteiger charge is -2.26. The Morgan fingerprint density at radius 2 is 2.16 bits per heavy atom. The quantitative estimate of drug-likeness (QED) is 0.413. The van der Waals surface area contributed by atoms with Crippen molar-refractivity contribution in [3.63, 3.8) is 0 Å². The molecule has 0 spiro atoms. The maximum atomic E-state index is 15.7. The minimum absolute atomic E-state index is 0.266. The van der Waals surface area contributed by atoms with E-state index in [-0.39, 0.29) is 28.9 Å². The standard InChI is InChI=1S/C15H12ClFN6OS/c16-9-3-1-2-4-10(9)23(17)5-12(24)22-11(23)6-25-15-13-14(19-7-18-13)20-8-21-15/h1-4,7-8,11H,5-6H2,(H-,18,19,20,21,22,24)/p+1. The van der Waals surface area contributed by atoms with Crippen molar-refractivity contribution in [3.8, 4) is 0 Å². The number of halogens is 2. The topological polar surface area (TPSA) is 83.6 Å². The first-order valence-electron chi connectivity index (χ1n) is 7.46. The first kappa shape index (κ1) is 16.2. The number of amides is 1. The number of para-hydroxylation sites is 1. The molecule has 128 valence electrons. The van der Waals surface area contributed by atoms with E-state index in [0.29, 0.717) is 16.2 Å². The summed E-state index contributed by atoms with van der Waals surface area (Å²) >= 11 is 7.47. The third-order valence-electron chi connectivity index (χ3n) is 4.01. The number of fused-ring (bicyclic) bond motifs is 1. The predicted molar refractivity (Wildman–Crippen MR) is 93.6 cm³/mol. The van der Waals surface area contributed by atoms with Gasteiger partial charge in [0, 0.05) is 10.5 Å². The van der Waals surface area contributed by atoms with Gasteiger partial charge in [-0.05, 0) is 6.07 Å². The lowest BCUT2D eigenvalue weighted by Crippen LogP contribution is -2.50. The molecule has 0 bridgehead atoms. The molecule has 1 fully saturated rings. The van der Waals surface area contributed by atoms with Gasteiger partial charge in [0.25, 0.3) is 5.91 Å². The van der Waals surface area contributed by atoms with E-state index in [9.17, 15) is 4.79 Å². The van der Waals surface area contributed by atoms with Gasteiger partial charge < -0.3 is 4.98 Å². The summed E-state index contributed by atoms with van der Waals surface area (Å²) in [4.78, 5) is 27.2. The van der Waals surface area contributed by atoms with Crippen LogP contribution in [-0.4, -0.2) is 44.3 Å². The number of benzene rings is 1. The van der Waals surface area contributed by atoms with Crippen LogP contribution < -0.4 is 10.0 Å². The van der Waals surface area contributed by atoms with Gasteiger partial charge in [-0.15, -0.1) is 0 Å². The zero-order chi connectivity index (χ0) is 17.4. The van der Waals surface area contributed by atoms with Crippen LogP contribution in [0.5, 0.6) is 0 Å². The highest BCUT2D eigenvalue weighted by Crippen LogP contribution is 2.37. The number of rotatable bonds is 4. The fourth-order valence-corrected chi connectivity index (χ4v) is 4.16. The molecule has 1 aliphatic heterocycles. The van der Waals surface area contributed by atoms with Crippen LogP contribution in [0.3, 0.4) is 0 Å². The number of thioether (sulfide) groups is 1. The number of imidazole rings is 1. The second-order valence-electron chi connectivity index (χ2n) is 5.56. The third kappa shape index (κ3) is 2.84. The molecule has 0 saturated carbocycles. The highest BCUT2D eigenvalue weighted by atomic mass is 35.5. The Hall–Kier alpha value is -2.23. The van der Waals surface area contributed by atoms with E-state index in [2.05, 4.69) is 25.3 Å². The lowest BCUT2D eigenvalue weighted by molar-refractivity contribution is -0.119. The molecule has 2 unspecified atom stereocenters. The van der Waals surface area contributed by atoms with Crippen LogP contribution in [0.1, 0.15) is 0 Å². The van der Waals surface area contributed by atoms with E-state index < -0.39 is 10.9 Å². The van der Waals surface area contributed by atoms with Crippen molar-refractivity contribution < 1.29 is 9.28 Å². The second kappa shape index (κ2) is 6.25. The van der Waals surface area contributed by atoms with Crippen LogP contribution in [0.15, 0.2) is 41.9 Å². The maximum absolute atomic E-state index is 15.7. The predicted octanol–water partition coefficient (Wildman–Crippen LogP) is 2.45. The van der Waals surface area contributed by atoms with Gasteiger partial charge in [-0.3, -0.25) is 10.1 Å². The first-order valence-corrected chi connectivity index (χ1v) is 8.83. The SMILES string of the molecule is O=C1C[N+](F)(c2ccccc2Cl)C(CSc2ncnc3nc[nH]c23)N1. The van der Waals surface area contributed by atoms with E-state index >= 15 is 4.48 Å². The fraction of sp³-hybridized carbons (Fsp3) is 0.200. The van der Waals surface area contributed by atoms with Crippen LogP contribution in [0, 0.1) is 0 Å². The Bertz CT molecular complexity index is 952. The van der Waals surface area contributed by atoms with Crippen LogP contribution >= 0.6 is 23.4 Å². The van der Waals surface area contributed by atoms with Crippen molar-refractivity contribution in [1.82, 2.24) is 30.0 Å². The second-order valence-corrected chi connectivity index (χ2v) is 6.97. The van der Waals surface area contributed by atoms with Gasteiger partial charge in [0.15, 0.2) is 11.3 Å². The molecule has 10 heteroatoms. The van der Waals surface area contributed by atoms with Gasteiger partial charge >= 0.3 is 0 Å². The molecule has 2 N–H and O–H groups in total. The fourth-order valence-electron chi connectivity index (χ4n) is 2.83. The number of aromatic amines is 1. The number of hydrogen-bond acceptors (Lipinski definition) is 5. The number of carbonyl (C=O) groups is 1. The van der Waals surface area contributed by atoms with Gasteiger partial charge in [-0.25, -0.2) is 15.0 Å². The molecule has 7 nitrogen and oxygen atoms in total. The molecule has 1 aromatic carbocycles. The van der Waals surface area contributed by atoms with Crippen LogP contribution in [0.2, 0.25) is 5.02 Å². The van der Waals surface area contributed by atoms with Crippen molar-refractivity contribution in [2.75, 3.05) is 12.3 Å². The Morgan fingerprint density at radius 3 is 3.00 bits per heavy atom. The van der Waals surface area contributed by atoms with Gasteiger partial charge in [-0.1, -0.05) is 40.2 Å². The summed E-state index contributed by atoms with van der Waals surface area (Å²) in [5.41, 5.74) is 1.49. The molecule has 2 aromatic heterocycles. The molecular weight excluding hydrogens is 367 g/mol. The summed E-state index contributed by atoms with van der Waals surface area (Å²) in [6.07, 6.45) is 2.16. The van der Waals surface area contributed by atoms with Crippen molar-refractivity contribution >= 4 is 46.1 Å². The molecule has 1 amide bonds. The van der Waals surface area contributed by atoms with Crippen molar-refractivity contribution in [2.45, 2.75) is 11.2 Å². The average Bonchev–Trinajstić information content (AvgIpc) is 3.18. The number of nitrogens with one attached hydrogen (secondary N) is 2. The largest absolute Gasteiger partial charge is 0.341 e. The summed E-state index contributed by atoms with van der Waals surface area (Å²) in [6, 6.07) is 6.63. The Balaban J connectivity index is 1.61. The van der Waals surface area contributed by atoms with E-state index in [1.54, 1.807) is 24.3 Å². The van der Waals surface area contributed by atoms with Crippen LogP contribution in [0.25, 0.3) is 11.2 Å². The number of carbonyl (C=O) groups excluding carboxylic acids is 1. The van der Waals surface area contributed by atoms with E-state index in [4.69, 9.17) is 11.6 Å². The van der Waals surface area contributed by atoms with Gasteiger partial charge in [0.05, 0.1) is 12.1 Å². The lowest BCUT2D eigenvalue weighted by atomic mass is 10.2. The normalized spacial score (nSPS) is 23.1. The molecule has 0 radical (unpaired) electrons. The van der Waals surface area contributed by atoms with E-state index in [1.807, 2.05) is 0 Å². The molecule has 25 heavy (non-hydrogen) atoms. The summed E-state index contributed by atoms with van der Waals surface area (Å²) in [7, 11) is 0. The number of nitrogens with zero attached hydrogens (tertiary/aromatic N) is 4. The van der Waals surface area contributed by atoms with Crippen molar-refractivity contribution in [3.05, 3.63) is 41.9 Å². The highest BCUT2D eigenvalue weighted by Gasteiger charge is 2.51. The molecule has 1 saturated heterocycles. The zero-order valence-electron chi connectivity index (χ0n) is 12.8. The Labute approximate surface area is 151 Å². The Morgan fingerprint density at radius 1 is 1.32 bits per heavy atom. The number of H-pyrrole nitrogens is 1.